The van der Waals surface area contributed by atoms with E-state index in [1.165, 1.54) is 25.6 Å². The predicted molar refractivity (Wildman–Crippen MR) is 208 cm³/mol. The van der Waals surface area contributed by atoms with E-state index in [4.69, 9.17) is 21.0 Å². The largest absolute Gasteiger partial charge is 0.453 e. The quantitative estimate of drug-likeness (QED) is 0.0486. The zero-order chi connectivity index (χ0) is 39.7. The second kappa shape index (κ2) is 16.0. The van der Waals surface area contributed by atoms with Gasteiger partial charge in [0.1, 0.15) is 23.7 Å². The first-order valence-electron chi connectivity index (χ1n) is 19.3. The van der Waals surface area contributed by atoms with E-state index >= 15 is 0 Å². The number of imidazole rings is 2. The van der Waals surface area contributed by atoms with Crippen LogP contribution in [0.4, 0.5) is 4.79 Å². The molecule has 15 nitrogen and oxygen atoms in total. The molecule has 2 fully saturated rings. The molecule has 2 aromatic carbocycles. The Bertz CT molecular complexity index is 2260. The number of H-pyrrole nitrogens is 3. The van der Waals surface area contributed by atoms with Crippen molar-refractivity contribution in [3.05, 3.63) is 60.2 Å². The number of hydrogen-bond acceptors (Lipinski definition) is 9. The van der Waals surface area contributed by atoms with Crippen LogP contribution >= 0.6 is 0 Å². The lowest BCUT2D eigenvalue weighted by Crippen LogP contribution is -2.51. The number of hydrogen-bond donors (Lipinski definition) is 4. The number of fused-ring (bicyclic) bond motifs is 2. The van der Waals surface area contributed by atoms with Crippen molar-refractivity contribution in [2.45, 2.75) is 77.5 Å². The van der Waals surface area contributed by atoms with Gasteiger partial charge in [-0.1, -0.05) is 39.8 Å². The molecule has 15 heteroatoms. The van der Waals surface area contributed by atoms with Crippen LogP contribution in [0.15, 0.2) is 53.5 Å². The van der Waals surface area contributed by atoms with E-state index in [2.05, 4.69) is 25.2 Å². The number of ether oxygens (including phenoxy) is 1. The van der Waals surface area contributed by atoms with Gasteiger partial charge in [-0.25, -0.2) is 19.8 Å². The molecule has 290 valence electrons. The molecule has 5 aromatic rings. The summed E-state index contributed by atoms with van der Waals surface area (Å²) in [6.07, 6.45) is 3.74. The van der Waals surface area contributed by atoms with Crippen molar-refractivity contribution in [1.82, 2.24) is 40.0 Å². The minimum Gasteiger partial charge on any atom is -0.453 e. The number of rotatable bonds is 12. The molecule has 4 atom stereocenters. The number of aliphatic imine (C=N–C) groups is 1. The van der Waals surface area contributed by atoms with Gasteiger partial charge in [-0.3, -0.25) is 9.59 Å². The highest BCUT2D eigenvalue weighted by Gasteiger charge is 2.38. The van der Waals surface area contributed by atoms with Gasteiger partial charge in [0.2, 0.25) is 18.2 Å². The van der Waals surface area contributed by atoms with Gasteiger partial charge in [0.15, 0.2) is 1.41 Å². The summed E-state index contributed by atoms with van der Waals surface area (Å²) in [5, 5.41) is 2.69. The summed E-state index contributed by atoms with van der Waals surface area (Å²) < 4.78 is 13.9. The van der Waals surface area contributed by atoms with Gasteiger partial charge < -0.3 is 39.7 Å². The fourth-order valence-corrected chi connectivity index (χ4v) is 7.71. The average Bonchev–Trinajstić information content (AvgIpc) is 4.03. The molecule has 0 bridgehead atoms. The number of nitrogens with one attached hydrogen (secondary N) is 4. The summed E-state index contributed by atoms with van der Waals surface area (Å²) in [4.78, 5) is 74.8. The molecule has 3 amide bonds. The number of benzene rings is 2. The molecule has 4 unspecified atom stereocenters. The second-order valence-corrected chi connectivity index (χ2v) is 14.9. The molecule has 0 aliphatic carbocycles. The number of nitrogens with zero attached hydrogens (tertiary/aromatic N) is 5. The van der Waals surface area contributed by atoms with Crippen LogP contribution < -0.4 is 5.32 Å². The van der Waals surface area contributed by atoms with Crippen molar-refractivity contribution in [2.24, 2.45) is 16.8 Å². The molecule has 0 spiro atoms. The maximum Gasteiger partial charge on any atom is 0.407 e. The van der Waals surface area contributed by atoms with Crippen molar-refractivity contribution in [3.63, 3.8) is 0 Å². The van der Waals surface area contributed by atoms with Gasteiger partial charge in [0.05, 0.1) is 48.4 Å². The van der Waals surface area contributed by atoms with E-state index in [1.54, 1.807) is 4.90 Å². The van der Waals surface area contributed by atoms with E-state index < -0.39 is 18.2 Å². The highest BCUT2D eigenvalue weighted by molar-refractivity contribution is 5.88. The van der Waals surface area contributed by atoms with Gasteiger partial charge in [0, 0.05) is 35.6 Å². The number of aromatic nitrogens is 5. The number of alkyl carbamates (subject to hydrolysis) is 1. The van der Waals surface area contributed by atoms with Crippen LogP contribution in [0.3, 0.4) is 0 Å². The summed E-state index contributed by atoms with van der Waals surface area (Å²) in [5.74, 6) is 1.00. The third-order valence-electron chi connectivity index (χ3n) is 10.6. The predicted octanol–water partition coefficient (Wildman–Crippen LogP) is 6.44. The number of aromatic amines is 3. The number of carbonyl (C=O) groups is 3. The standard InChI is InChI=1S/C40H49N9O6/c1-22(2)34(41-21-55-54-6)38(50)48-17-7-9-32(48)36-43-28-13-11-24(19-30(28)45-36)26-15-16-27(42-26)25-12-14-29-31(20-25)46-37(44-29)33-10-8-18-49(33)39(51)35(23(3)4)47-40(52)53-5/h11-16,19-23,32-35,42H,7-10,17-18H2,1-6H3,(H,43,45)(H,44,46)(H,47,52)/i/hD. The molecule has 2 aliphatic rings. The van der Waals surface area contributed by atoms with Gasteiger partial charge in [0.25, 0.3) is 0 Å². The molecule has 0 saturated carbocycles. The molecule has 3 aromatic heterocycles. The third kappa shape index (κ3) is 7.66. The lowest BCUT2D eigenvalue weighted by Gasteiger charge is -2.29. The lowest BCUT2D eigenvalue weighted by molar-refractivity contribution is -0.188. The topological polar surface area (TPSA) is 183 Å². The maximum absolute atomic E-state index is 13.6. The van der Waals surface area contributed by atoms with Gasteiger partial charge >= 0.3 is 6.09 Å². The summed E-state index contributed by atoms with van der Waals surface area (Å²) in [7, 11) is 2.67. The van der Waals surface area contributed by atoms with Crippen molar-refractivity contribution >= 4 is 46.4 Å². The van der Waals surface area contributed by atoms with Gasteiger partial charge in [-0.2, -0.15) is 4.89 Å². The average molecular weight is 753 g/mol. The van der Waals surface area contributed by atoms with Crippen LogP contribution in [0.2, 0.25) is 1.41 Å². The fourth-order valence-electron chi connectivity index (χ4n) is 7.71. The van der Waals surface area contributed by atoms with E-state index in [1.807, 2.05) is 81.1 Å². The first-order valence-corrected chi connectivity index (χ1v) is 18.9. The highest BCUT2D eigenvalue weighted by Crippen LogP contribution is 2.36. The Morgan fingerprint density at radius 1 is 0.836 bits per heavy atom. The number of carbonyl (C=O) groups excluding carboxylic acids is 3. The highest BCUT2D eigenvalue weighted by atomic mass is 17.2. The molecule has 4 N–H and O–H groups in total. The zero-order valence-electron chi connectivity index (χ0n) is 33.0. The zero-order valence-corrected chi connectivity index (χ0v) is 32.0. The van der Waals surface area contributed by atoms with Gasteiger partial charge in [-0.05, 0) is 73.9 Å². The minimum absolute atomic E-state index is 0.0365. The number of methoxy groups -OCH3 is 1. The molecule has 0 radical (unpaired) electrons. The molecule has 55 heavy (non-hydrogen) atoms. The summed E-state index contributed by atoms with van der Waals surface area (Å²) >= 11 is 0. The van der Waals surface area contributed by atoms with Crippen LogP contribution in [0.1, 0.15) is 77.1 Å². The van der Waals surface area contributed by atoms with E-state index in [0.717, 1.165) is 64.7 Å². The van der Waals surface area contributed by atoms with Crippen LogP contribution in [0.5, 0.6) is 0 Å². The molecule has 7 rings (SSSR count). The lowest BCUT2D eigenvalue weighted by atomic mass is 10.0. The molecular weight excluding hydrogens is 702 g/mol. The smallest absolute Gasteiger partial charge is 0.407 e. The van der Waals surface area contributed by atoms with Crippen LogP contribution in [0, 0.1) is 11.8 Å². The normalized spacial score (nSPS) is 18.9. The second-order valence-electron chi connectivity index (χ2n) is 14.9. The fraction of sp³-hybridized carbons (Fsp3) is 0.450. The summed E-state index contributed by atoms with van der Waals surface area (Å²) in [5.41, 5.74) is 6.25. The van der Waals surface area contributed by atoms with E-state index in [0.29, 0.717) is 30.3 Å². The SMILES string of the molecule is [2H]n1c(-c2ccc3nc(C4CCCN4C(=O)C(N=COOC)C(C)C)[nH]c3c2)ccc1-c1ccc2nc(C3CCCN3C(=O)C(NC(=O)OC)C(C)C)[nH]c2c1. The number of amides is 3. The Hall–Kier alpha value is -5.70. The Kier molecular flexibility index (Phi) is 10.5. The Balaban J connectivity index is 1.10. The molecule has 2 aliphatic heterocycles. The summed E-state index contributed by atoms with van der Waals surface area (Å²) in [6, 6.07) is 13.8. The van der Waals surface area contributed by atoms with Crippen molar-refractivity contribution in [1.29, 1.82) is 0 Å². The maximum atomic E-state index is 13.6. The van der Waals surface area contributed by atoms with Crippen LogP contribution in [-0.2, 0) is 24.1 Å². The Morgan fingerprint density at radius 2 is 1.38 bits per heavy atom. The van der Waals surface area contributed by atoms with Crippen molar-refractivity contribution in [3.8, 4) is 22.5 Å². The van der Waals surface area contributed by atoms with Crippen molar-refractivity contribution in [2.75, 3.05) is 27.3 Å². The summed E-state index contributed by atoms with van der Waals surface area (Å²) in [6.45, 7) is 8.87. The Labute approximate surface area is 320 Å². The molecule has 5 heterocycles. The van der Waals surface area contributed by atoms with E-state index in [9.17, 15) is 14.4 Å². The molecular formula is C40H49N9O6. The minimum atomic E-state index is -0.714. The van der Waals surface area contributed by atoms with Crippen LogP contribution in [-0.4, -0.2) is 98.4 Å². The molecule has 2 saturated heterocycles. The third-order valence-corrected chi connectivity index (χ3v) is 10.6. The van der Waals surface area contributed by atoms with Gasteiger partial charge in [-0.15, -0.1) is 0 Å². The van der Waals surface area contributed by atoms with Crippen molar-refractivity contribution < 1.29 is 30.3 Å². The number of likely N-dealkylation sites (tertiary alicyclic amines) is 2. The monoisotopic (exact) mass is 752 g/mol. The first kappa shape index (κ1) is 36.3. The Morgan fingerprint density at radius 3 is 1.87 bits per heavy atom. The van der Waals surface area contributed by atoms with Crippen LogP contribution in [0.25, 0.3) is 44.6 Å². The van der Waals surface area contributed by atoms with E-state index in [-0.39, 0.29) is 35.7 Å². The first-order chi connectivity index (χ1) is 27.0.